The van der Waals surface area contributed by atoms with Gasteiger partial charge in [0.25, 0.3) is 5.91 Å². The first kappa shape index (κ1) is 17.8. The molecule has 1 amide bonds. The molecule has 0 saturated carbocycles. The number of esters is 1. The van der Waals surface area contributed by atoms with Gasteiger partial charge in [0.15, 0.2) is 18.1 Å². The molecule has 1 aliphatic heterocycles. The molecule has 1 N–H and O–H groups in total. The lowest BCUT2D eigenvalue weighted by Crippen LogP contribution is -2.28. The summed E-state index contributed by atoms with van der Waals surface area (Å²) in [5, 5.41) is 2.70. The van der Waals surface area contributed by atoms with Crippen LogP contribution in [0, 0.1) is 0 Å². The predicted molar refractivity (Wildman–Crippen MR) is 91.8 cm³/mol. The highest BCUT2D eigenvalue weighted by atomic mass is 16.7. The Balaban J connectivity index is 1.46. The van der Waals surface area contributed by atoms with Crippen molar-refractivity contribution < 1.29 is 28.5 Å². The van der Waals surface area contributed by atoms with Gasteiger partial charge in [0.1, 0.15) is 0 Å². The van der Waals surface area contributed by atoms with E-state index in [1.807, 2.05) is 12.1 Å². The smallest absolute Gasteiger partial charge is 0.338 e. The summed E-state index contributed by atoms with van der Waals surface area (Å²) in [6.07, 6.45) is 0. The zero-order valence-corrected chi connectivity index (χ0v) is 14.3. The van der Waals surface area contributed by atoms with Crippen LogP contribution >= 0.6 is 0 Å². The van der Waals surface area contributed by atoms with Crippen molar-refractivity contribution in [1.82, 2.24) is 5.32 Å². The largest absolute Gasteiger partial charge is 0.454 e. The molecule has 0 aliphatic carbocycles. The van der Waals surface area contributed by atoms with Crippen LogP contribution in [0.5, 0.6) is 11.5 Å². The topological polar surface area (TPSA) is 83.1 Å². The molecule has 1 heterocycles. The predicted octanol–water partition coefficient (Wildman–Crippen LogP) is 2.03. The van der Waals surface area contributed by atoms with Gasteiger partial charge in [-0.25, -0.2) is 4.79 Å². The van der Waals surface area contributed by atoms with E-state index >= 15 is 0 Å². The molecule has 0 radical (unpaired) electrons. The van der Waals surface area contributed by atoms with Crippen LogP contribution in [0.4, 0.5) is 0 Å². The van der Waals surface area contributed by atoms with Crippen LogP contribution in [0.1, 0.15) is 21.5 Å². The molecule has 136 valence electrons. The van der Waals surface area contributed by atoms with Crippen molar-refractivity contribution in [2.24, 2.45) is 0 Å². The van der Waals surface area contributed by atoms with Gasteiger partial charge in [0.2, 0.25) is 6.79 Å². The second kappa shape index (κ2) is 8.35. The Bertz CT molecular complexity index is 804. The molecule has 2 aromatic rings. The summed E-state index contributed by atoms with van der Waals surface area (Å²) < 4.78 is 20.6. The van der Waals surface area contributed by atoms with Crippen molar-refractivity contribution in [1.29, 1.82) is 0 Å². The second-order valence-corrected chi connectivity index (χ2v) is 5.67. The van der Waals surface area contributed by atoms with E-state index in [4.69, 9.17) is 18.9 Å². The summed E-state index contributed by atoms with van der Waals surface area (Å²) in [6.45, 7) is 0.554. The van der Waals surface area contributed by atoms with Crippen LogP contribution < -0.4 is 14.8 Å². The number of hydrogen-bond acceptors (Lipinski definition) is 6. The number of fused-ring (bicyclic) bond motifs is 1. The third-order valence-electron chi connectivity index (χ3n) is 3.73. The summed E-state index contributed by atoms with van der Waals surface area (Å²) >= 11 is 0. The highest BCUT2D eigenvalue weighted by Gasteiger charge is 2.14. The molecule has 0 bridgehead atoms. The van der Waals surface area contributed by atoms with Crippen molar-refractivity contribution in [2.45, 2.75) is 13.2 Å². The van der Waals surface area contributed by atoms with Gasteiger partial charge in [-0.3, -0.25) is 4.79 Å². The number of hydrogen-bond donors (Lipinski definition) is 1. The van der Waals surface area contributed by atoms with Crippen LogP contribution in [0.2, 0.25) is 0 Å². The SMILES string of the molecule is COCc1cccc(C(=O)OCC(=O)NCc2ccc3c(c2)OCO3)c1. The van der Waals surface area contributed by atoms with Crippen molar-refractivity contribution in [3.05, 3.63) is 59.2 Å². The molecule has 2 aromatic carbocycles. The fraction of sp³-hybridized carbons (Fsp3) is 0.263. The number of nitrogens with one attached hydrogen (secondary N) is 1. The Kier molecular flexibility index (Phi) is 5.70. The molecule has 3 rings (SSSR count). The van der Waals surface area contributed by atoms with Gasteiger partial charge in [-0.05, 0) is 35.4 Å². The van der Waals surface area contributed by atoms with E-state index in [1.54, 1.807) is 37.4 Å². The maximum atomic E-state index is 12.0. The third kappa shape index (κ3) is 4.52. The number of carbonyl (C=O) groups is 2. The molecule has 0 aromatic heterocycles. The zero-order valence-electron chi connectivity index (χ0n) is 14.3. The maximum absolute atomic E-state index is 12.0. The van der Waals surface area contributed by atoms with Gasteiger partial charge in [-0.1, -0.05) is 18.2 Å². The van der Waals surface area contributed by atoms with Gasteiger partial charge in [-0.2, -0.15) is 0 Å². The fourth-order valence-corrected chi connectivity index (χ4v) is 2.47. The molecular weight excluding hydrogens is 338 g/mol. The fourth-order valence-electron chi connectivity index (χ4n) is 2.47. The van der Waals surface area contributed by atoms with Gasteiger partial charge < -0.3 is 24.3 Å². The van der Waals surface area contributed by atoms with Crippen LogP contribution in [-0.2, 0) is 27.4 Å². The molecule has 0 fully saturated rings. The maximum Gasteiger partial charge on any atom is 0.338 e. The average molecular weight is 357 g/mol. The summed E-state index contributed by atoms with van der Waals surface area (Å²) in [5.41, 5.74) is 2.10. The average Bonchev–Trinajstić information content (AvgIpc) is 3.12. The van der Waals surface area contributed by atoms with Gasteiger partial charge in [0, 0.05) is 13.7 Å². The molecule has 7 nitrogen and oxygen atoms in total. The number of carbonyl (C=O) groups excluding carboxylic acids is 2. The normalized spacial score (nSPS) is 11.9. The van der Waals surface area contributed by atoms with Gasteiger partial charge in [0.05, 0.1) is 12.2 Å². The van der Waals surface area contributed by atoms with Crippen molar-refractivity contribution in [2.75, 3.05) is 20.5 Å². The summed E-state index contributed by atoms with van der Waals surface area (Å²) in [5.74, 6) is 0.397. The molecule has 0 unspecified atom stereocenters. The quantitative estimate of drug-likeness (QED) is 0.764. The highest BCUT2D eigenvalue weighted by molar-refractivity contribution is 5.91. The summed E-state index contributed by atoms with van der Waals surface area (Å²) in [6, 6.07) is 12.3. The molecule has 0 spiro atoms. The lowest BCUT2D eigenvalue weighted by molar-refractivity contribution is -0.124. The molecule has 1 aliphatic rings. The van der Waals surface area contributed by atoms with Crippen LogP contribution in [0.3, 0.4) is 0 Å². The minimum absolute atomic E-state index is 0.201. The molecule has 7 heteroatoms. The van der Waals surface area contributed by atoms with Gasteiger partial charge >= 0.3 is 5.97 Å². The minimum Gasteiger partial charge on any atom is -0.454 e. The molecular formula is C19H19NO6. The number of benzene rings is 2. The van der Waals surface area contributed by atoms with E-state index in [9.17, 15) is 9.59 Å². The highest BCUT2D eigenvalue weighted by Crippen LogP contribution is 2.32. The van der Waals surface area contributed by atoms with Crippen LogP contribution in [0.25, 0.3) is 0 Å². The minimum atomic E-state index is -0.554. The van der Waals surface area contributed by atoms with E-state index in [0.29, 0.717) is 30.2 Å². The Morgan fingerprint density at radius 1 is 1.08 bits per heavy atom. The zero-order chi connectivity index (χ0) is 18.4. The number of rotatable bonds is 7. The first-order chi connectivity index (χ1) is 12.7. The second-order valence-electron chi connectivity index (χ2n) is 5.67. The molecule has 0 atom stereocenters. The summed E-state index contributed by atoms with van der Waals surface area (Å²) in [7, 11) is 1.58. The third-order valence-corrected chi connectivity index (χ3v) is 3.73. The van der Waals surface area contributed by atoms with E-state index in [0.717, 1.165) is 11.1 Å². The number of ether oxygens (including phenoxy) is 4. The lowest BCUT2D eigenvalue weighted by Gasteiger charge is -2.08. The van der Waals surface area contributed by atoms with Gasteiger partial charge in [-0.15, -0.1) is 0 Å². The lowest BCUT2D eigenvalue weighted by atomic mass is 10.1. The Morgan fingerprint density at radius 3 is 2.77 bits per heavy atom. The summed E-state index contributed by atoms with van der Waals surface area (Å²) in [4.78, 5) is 23.9. The monoisotopic (exact) mass is 357 g/mol. The Morgan fingerprint density at radius 2 is 1.92 bits per heavy atom. The number of methoxy groups -OCH3 is 1. The van der Waals surface area contributed by atoms with Crippen LogP contribution in [-0.4, -0.2) is 32.4 Å². The van der Waals surface area contributed by atoms with Crippen molar-refractivity contribution >= 4 is 11.9 Å². The van der Waals surface area contributed by atoms with E-state index < -0.39 is 5.97 Å². The molecule has 0 saturated heterocycles. The van der Waals surface area contributed by atoms with E-state index in [2.05, 4.69) is 5.32 Å². The van der Waals surface area contributed by atoms with E-state index in [1.165, 1.54) is 0 Å². The first-order valence-corrected chi connectivity index (χ1v) is 8.06. The standard InChI is InChI=1S/C19H19NO6/c1-23-10-14-3-2-4-15(7-14)19(22)24-11-18(21)20-9-13-5-6-16-17(8-13)26-12-25-16/h2-8H,9-12H2,1H3,(H,20,21). The van der Waals surface area contributed by atoms with Crippen LogP contribution in [0.15, 0.2) is 42.5 Å². The van der Waals surface area contributed by atoms with Crippen molar-refractivity contribution in [3.8, 4) is 11.5 Å². The molecule has 26 heavy (non-hydrogen) atoms. The number of amides is 1. The Hall–Kier alpha value is -3.06. The van der Waals surface area contributed by atoms with Crippen molar-refractivity contribution in [3.63, 3.8) is 0 Å². The Labute approximate surface area is 150 Å². The first-order valence-electron chi connectivity index (χ1n) is 8.06. The van der Waals surface area contributed by atoms with E-state index in [-0.39, 0.29) is 19.3 Å².